The minimum Gasteiger partial charge on any atom is -0.360 e. The van der Waals surface area contributed by atoms with Gasteiger partial charge in [0.2, 0.25) is 5.78 Å². The average molecular weight is 326 g/mol. The van der Waals surface area contributed by atoms with Crippen LogP contribution in [0.2, 0.25) is 0 Å². The summed E-state index contributed by atoms with van der Waals surface area (Å²) in [4.78, 5) is 15.6. The highest BCUT2D eigenvalue weighted by molar-refractivity contribution is 7.95. The molecule has 2 aromatic rings. The largest absolute Gasteiger partial charge is 0.397 e. The average Bonchev–Trinajstić information content (AvgIpc) is 2.61. The van der Waals surface area contributed by atoms with Gasteiger partial charge < -0.3 is 10.1 Å². The first-order chi connectivity index (χ1) is 11.1. The highest BCUT2D eigenvalue weighted by Gasteiger charge is 2.44. The van der Waals surface area contributed by atoms with E-state index >= 15 is 0 Å². The molecule has 118 valence electrons. The molecule has 0 fully saturated rings. The molecule has 0 radical (unpaired) electrons. The van der Waals surface area contributed by atoms with Crippen molar-refractivity contribution in [2.45, 2.75) is 26.2 Å². The van der Waals surface area contributed by atoms with Gasteiger partial charge in [-0.3, -0.25) is 4.79 Å². The molecule has 0 saturated heterocycles. The van der Waals surface area contributed by atoms with Crippen LogP contribution < -0.4 is 10.6 Å². The molecule has 0 aliphatic carbocycles. The molecule has 0 aliphatic rings. The lowest BCUT2D eigenvalue weighted by Gasteiger charge is -2.14. The summed E-state index contributed by atoms with van der Waals surface area (Å²) in [5.41, 5.74) is 9.20. The fourth-order valence-electron chi connectivity index (χ4n) is 2.41. The Morgan fingerprint density at radius 1 is 1.00 bits per heavy atom. The molecule has 0 N–H and O–H groups in total. The SMILES string of the molecule is CCCCC(=O)C(=[N+]=[N-])P(=O)(c1ccccc1)c1ccccc1. The number of carbonyl (C=O) groups is 1. The van der Waals surface area contributed by atoms with Gasteiger partial charge in [0, 0.05) is 17.0 Å². The minimum absolute atomic E-state index is 0.222. The zero-order valence-electron chi connectivity index (χ0n) is 13.1. The molecule has 0 spiro atoms. The third kappa shape index (κ3) is 3.56. The lowest BCUT2D eigenvalue weighted by atomic mass is 10.2. The third-order valence-corrected chi connectivity index (χ3v) is 6.63. The number of benzene rings is 2. The molecule has 2 rings (SSSR count). The van der Waals surface area contributed by atoms with Crippen molar-refractivity contribution in [1.82, 2.24) is 0 Å². The Kier molecular flexibility index (Phi) is 5.81. The maximum absolute atomic E-state index is 13.8. The summed E-state index contributed by atoms with van der Waals surface area (Å²) < 4.78 is 13.8. The normalized spacial score (nSPS) is 10.8. The molecule has 0 aromatic heterocycles. The predicted octanol–water partition coefficient (Wildman–Crippen LogP) is 3.39. The summed E-state index contributed by atoms with van der Waals surface area (Å²) in [6.07, 6.45) is 1.73. The summed E-state index contributed by atoms with van der Waals surface area (Å²) in [7, 11) is -3.48. The van der Waals surface area contributed by atoms with Crippen molar-refractivity contribution in [3.63, 3.8) is 0 Å². The number of rotatable bonds is 7. The standard InChI is InChI=1S/C18H19N2O2P/c1-2-3-14-17(21)18(20-19)23(22,15-10-6-4-7-11-15)16-12-8-5-9-13-16/h4-13H,2-3,14H2,1H3. The number of Topliss-reactive ketones (excluding diaryl/α,β-unsaturated/α-hetero) is 1. The Morgan fingerprint density at radius 3 is 1.87 bits per heavy atom. The van der Waals surface area contributed by atoms with Gasteiger partial charge >= 0.3 is 5.45 Å². The first kappa shape index (κ1) is 17.1. The second kappa shape index (κ2) is 7.82. The molecule has 0 saturated carbocycles. The number of hydrogen-bond acceptors (Lipinski definition) is 2. The van der Waals surface area contributed by atoms with E-state index in [1.54, 1.807) is 48.5 Å². The summed E-state index contributed by atoms with van der Waals surface area (Å²) in [5, 5.41) is 0.979. The molecule has 0 bridgehead atoms. The molecule has 0 heterocycles. The van der Waals surface area contributed by atoms with Crippen LogP contribution in [0.3, 0.4) is 0 Å². The fraction of sp³-hybridized carbons (Fsp3) is 0.222. The molecular weight excluding hydrogens is 307 g/mol. The van der Waals surface area contributed by atoms with E-state index in [9.17, 15) is 14.9 Å². The van der Waals surface area contributed by atoms with Crippen molar-refractivity contribution in [2.24, 2.45) is 0 Å². The molecule has 0 unspecified atom stereocenters. The number of nitrogens with zero attached hydrogens (tertiary/aromatic N) is 2. The van der Waals surface area contributed by atoms with Crippen LogP contribution in [0, 0.1) is 0 Å². The molecule has 2 aromatic carbocycles. The van der Waals surface area contributed by atoms with Gasteiger partial charge in [-0.05, 0) is 6.42 Å². The Hall–Kier alpha value is -2.28. The number of unbranched alkanes of at least 4 members (excludes halogenated alkanes) is 1. The van der Waals surface area contributed by atoms with E-state index in [2.05, 4.69) is 4.79 Å². The second-order valence-corrected chi connectivity index (χ2v) is 7.91. The van der Waals surface area contributed by atoms with Gasteiger partial charge in [-0.15, -0.1) is 0 Å². The quantitative estimate of drug-likeness (QED) is 0.339. The van der Waals surface area contributed by atoms with Crippen LogP contribution >= 0.6 is 7.14 Å². The highest BCUT2D eigenvalue weighted by Crippen LogP contribution is 2.44. The molecule has 0 atom stereocenters. The monoisotopic (exact) mass is 326 g/mol. The smallest absolute Gasteiger partial charge is 0.360 e. The van der Waals surface area contributed by atoms with Crippen molar-refractivity contribution in [2.75, 3.05) is 0 Å². The Labute approximate surface area is 136 Å². The van der Waals surface area contributed by atoms with Crippen LogP contribution in [0.1, 0.15) is 26.2 Å². The van der Waals surface area contributed by atoms with Gasteiger partial charge in [-0.2, -0.15) is 4.79 Å². The van der Waals surface area contributed by atoms with Gasteiger partial charge in [-0.1, -0.05) is 74.0 Å². The van der Waals surface area contributed by atoms with Gasteiger partial charge in [0.15, 0.2) is 0 Å². The summed E-state index contributed by atoms with van der Waals surface area (Å²) in [5.74, 6) is -0.370. The van der Waals surface area contributed by atoms with E-state index < -0.39 is 7.14 Å². The molecule has 5 heteroatoms. The summed E-state index contributed by atoms with van der Waals surface area (Å²) in [6.45, 7) is 1.97. The zero-order valence-corrected chi connectivity index (χ0v) is 13.9. The van der Waals surface area contributed by atoms with Crippen molar-refractivity contribution in [3.05, 3.63) is 66.2 Å². The topological polar surface area (TPSA) is 70.5 Å². The molecule has 0 aliphatic heterocycles. The van der Waals surface area contributed by atoms with E-state index in [1.807, 2.05) is 19.1 Å². The lowest BCUT2D eigenvalue weighted by Crippen LogP contribution is -2.28. The van der Waals surface area contributed by atoms with Crippen molar-refractivity contribution < 1.29 is 14.1 Å². The first-order valence-corrected chi connectivity index (χ1v) is 9.32. The molecule has 0 amide bonds. The highest BCUT2D eigenvalue weighted by atomic mass is 31.2. The number of hydrogen-bond donors (Lipinski definition) is 0. The maximum Gasteiger partial charge on any atom is 0.397 e. The van der Waals surface area contributed by atoms with Crippen molar-refractivity contribution >= 4 is 29.0 Å². The third-order valence-electron chi connectivity index (χ3n) is 3.64. The van der Waals surface area contributed by atoms with Gasteiger partial charge in [-0.25, -0.2) is 0 Å². The van der Waals surface area contributed by atoms with E-state index in [4.69, 9.17) is 0 Å². The van der Waals surface area contributed by atoms with Gasteiger partial charge in [0.1, 0.15) is 0 Å². The Bertz CT molecular complexity index is 723. The van der Waals surface area contributed by atoms with E-state index in [-0.39, 0.29) is 17.7 Å². The summed E-state index contributed by atoms with van der Waals surface area (Å²) >= 11 is 0. The van der Waals surface area contributed by atoms with Gasteiger partial charge in [0.05, 0.1) is 0 Å². The van der Waals surface area contributed by atoms with Crippen LogP contribution in [0.5, 0.6) is 0 Å². The predicted molar refractivity (Wildman–Crippen MR) is 92.9 cm³/mol. The lowest BCUT2D eigenvalue weighted by molar-refractivity contribution is -0.116. The molecule has 23 heavy (non-hydrogen) atoms. The minimum atomic E-state index is -3.48. The summed E-state index contributed by atoms with van der Waals surface area (Å²) in [6, 6.07) is 17.5. The maximum atomic E-state index is 13.8. The molecule has 4 nitrogen and oxygen atoms in total. The van der Waals surface area contributed by atoms with Crippen LogP contribution in [-0.2, 0) is 9.36 Å². The van der Waals surface area contributed by atoms with Crippen LogP contribution in [0.4, 0.5) is 0 Å². The van der Waals surface area contributed by atoms with Crippen LogP contribution in [-0.4, -0.2) is 16.0 Å². The van der Waals surface area contributed by atoms with Gasteiger partial charge in [0.25, 0.3) is 7.14 Å². The zero-order chi connectivity index (χ0) is 16.7. The van der Waals surface area contributed by atoms with Crippen molar-refractivity contribution in [1.29, 1.82) is 0 Å². The fourth-order valence-corrected chi connectivity index (χ4v) is 4.97. The number of carbonyl (C=O) groups excluding carboxylic acids is 1. The van der Waals surface area contributed by atoms with E-state index in [0.717, 1.165) is 6.42 Å². The van der Waals surface area contributed by atoms with E-state index in [0.29, 0.717) is 17.0 Å². The second-order valence-electron chi connectivity index (χ2n) is 5.23. The number of ketones is 1. The van der Waals surface area contributed by atoms with Crippen molar-refractivity contribution in [3.8, 4) is 0 Å². The van der Waals surface area contributed by atoms with E-state index in [1.165, 1.54) is 0 Å². The Morgan fingerprint density at radius 2 is 1.48 bits per heavy atom. The Balaban J connectivity index is 2.61. The van der Waals surface area contributed by atoms with Crippen LogP contribution in [0.15, 0.2) is 60.7 Å². The van der Waals surface area contributed by atoms with Crippen LogP contribution in [0.25, 0.3) is 5.53 Å². The molecular formula is C18H19N2O2P. The first-order valence-electron chi connectivity index (χ1n) is 7.61.